The lowest BCUT2D eigenvalue weighted by molar-refractivity contribution is 0.0722. The Bertz CT molecular complexity index is 3290. The summed E-state index contributed by atoms with van der Waals surface area (Å²) in [5.74, 6) is 3.90. The van der Waals surface area contributed by atoms with Crippen molar-refractivity contribution in [1.29, 1.82) is 0 Å². The zero-order chi connectivity index (χ0) is 63.4. The number of carbonyl (C=O) groups is 2. The molecule has 478 valence electrons. The molecule has 0 saturated heterocycles. The molecule has 0 unspecified atom stereocenters. The van der Waals surface area contributed by atoms with Gasteiger partial charge in [0, 0.05) is 6.07 Å². The highest BCUT2D eigenvalue weighted by Crippen LogP contribution is 2.53. The fraction of sp³-hybridized carbons (Fsp3) is 0.397. The normalized spacial score (nSPS) is 13.2. The predicted molar refractivity (Wildman–Crippen MR) is 370 cm³/mol. The van der Waals surface area contributed by atoms with Gasteiger partial charge in [0.25, 0.3) is 0 Å². The summed E-state index contributed by atoms with van der Waals surface area (Å²) in [6.45, 7) is 19.6. The second-order valence-corrected chi connectivity index (χ2v) is 40.2. The summed E-state index contributed by atoms with van der Waals surface area (Å²) in [6.07, 6.45) is 16.9. The number of anilines is 3. The van der Waals surface area contributed by atoms with E-state index in [1.165, 1.54) is 51.4 Å². The van der Waals surface area contributed by atoms with Crippen LogP contribution in [0.25, 0.3) is 11.1 Å². The van der Waals surface area contributed by atoms with Crippen LogP contribution in [0.1, 0.15) is 131 Å². The van der Waals surface area contributed by atoms with E-state index in [-0.39, 0.29) is 0 Å². The average molecular weight is 1290 g/mol. The van der Waals surface area contributed by atoms with Gasteiger partial charge in [0.05, 0.1) is 48.5 Å². The number of benzene rings is 7. The van der Waals surface area contributed by atoms with Gasteiger partial charge in [0.15, 0.2) is 16.6 Å². The standard InChI is InChI=1S/C73H93NO12Si4/c1-9-11-13-15-17-26-50-77-60-42-40-59(41-43-60)72(75)80-61-44-36-57(37-45-61)58-38-46-62(47-39-58)81-73(76)64-49-48-63(78-51-27-18-16-14-12-10-2)56-71(64)79-52-28-19-29-53-87(3,4)85-89(7,8)86-88(5,6)54-55-90-82-68-33-23-20-30-65(68)74(66-31-21-24-34-69(66)83-90)67-32-22-25-35-70(67)84-90/h20-25,30-49,56H,9-19,26-29,50-55H2,1-8H3. The molecule has 0 saturated carbocycles. The first-order valence-corrected chi connectivity index (χ1v) is 43.8. The molecule has 3 heterocycles. The molecule has 2 bridgehead atoms. The third-order valence-corrected chi connectivity index (χ3v) is 30.5. The molecule has 0 aliphatic carbocycles. The molecule has 0 spiro atoms. The fourth-order valence-electron chi connectivity index (χ4n) is 11.7. The summed E-state index contributed by atoms with van der Waals surface area (Å²) in [5.41, 5.74) is 5.43. The molecule has 0 amide bonds. The summed E-state index contributed by atoms with van der Waals surface area (Å²) in [6, 6.07) is 53.8. The predicted octanol–water partition coefficient (Wildman–Crippen LogP) is 20.2. The third-order valence-electron chi connectivity index (χ3n) is 16.1. The fourth-order valence-corrected chi connectivity index (χ4v) is 30.4. The Kier molecular flexibility index (Phi) is 24.1. The second-order valence-electron chi connectivity index (χ2n) is 25.3. The molecule has 0 fully saturated rings. The Morgan fingerprint density at radius 1 is 0.422 bits per heavy atom. The average Bonchev–Trinajstić information content (AvgIpc) is 0.747. The molecule has 17 heteroatoms. The van der Waals surface area contributed by atoms with Gasteiger partial charge in [0.1, 0.15) is 51.6 Å². The Balaban J connectivity index is 0.754. The van der Waals surface area contributed by atoms with E-state index in [1.54, 1.807) is 42.5 Å². The highest BCUT2D eigenvalue weighted by molar-refractivity contribution is 6.88. The largest absolute Gasteiger partial charge is 0.699 e. The summed E-state index contributed by atoms with van der Waals surface area (Å²) in [7, 11) is -10.6. The summed E-state index contributed by atoms with van der Waals surface area (Å²) < 4.78 is 65.5. The maximum atomic E-state index is 13.9. The molecule has 0 radical (unpaired) electrons. The molecule has 7 aromatic carbocycles. The number of carbonyl (C=O) groups excluding carboxylic acids is 2. The van der Waals surface area contributed by atoms with Crippen LogP contribution < -0.4 is 41.9 Å². The van der Waals surface area contributed by atoms with E-state index in [0.29, 0.717) is 60.0 Å². The number of hydrogen-bond donors (Lipinski definition) is 0. The number of hydrogen-bond acceptors (Lipinski definition) is 13. The Morgan fingerprint density at radius 2 is 0.833 bits per heavy atom. The SMILES string of the molecule is CCCCCCCCOc1ccc(C(=O)Oc2ccc(-c3ccc(OC(=O)c4ccc(OCCCCCCCC)cc4OCCCCC[Si](C)(C)O[Si](C)(C)O[Si](C)(C)CC[Si]45Oc6ccccc6N(c6ccccc6O4)c4ccccc4O5)cc3)cc2)cc1. The van der Waals surface area contributed by atoms with E-state index in [1.807, 2.05) is 103 Å². The van der Waals surface area contributed by atoms with Crippen molar-refractivity contribution < 1.29 is 54.8 Å². The monoisotopic (exact) mass is 1290 g/mol. The van der Waals surface area contributed by atoms with Crippen LogP contribution in [0, 0.1) is 0 Å². The maximum Gasteiger partial charge on any atom is 0.699 e. The van der Waals surface area contributed by atoms with E-state index in [0.717, 1.165) is 108 Å². The summed E-state index contributed by atoms with van der Waals surface area (Å²) in [4.78, 5) is 29.1. The first-order valence-electron chi connectivity index (χ1n) is 32.8. The van der Waals surface area contributed by atoms with E-state index < -0.39 is 45.9 Å². The number of ether oxygens (including phenoxy) is 5. The lowest BCUT2D eigenvalue weighted by Gasteiger charge is -2.42. The van der Waals surface area contributed by atoms with E-state index in [2.05, 4.69) is 76.2 Å². The van der Waals surface area contributed by atoms with Crippen molar-refractivity contribution in [3.8, 4) is 57.1 Å². The van der Waals surface area contributed by atoms with Crippen LogP contribution in [0.4, 0.5) is 17.1 Å². The van der Waals surface area contributed by atoms with Gasteiger partial charge < -0.3 is 50.1 Å². The van der Waals surface area contributed by atoms with Gasteiger partial charge in [0.2, 0.25) is 0 Å². The molecule has 13 nitrogen and oxygen atoms in total. The zero-order valence-corrected chi connectivity index (χ0v) is 58.3. The second kappa shape index (κ2) is 32.2. The lowest BCUT2D eigenvalue weighted by Crippen LogP contribution is -2.58. The number of para-hydroxylation sites is 6. The molecular formula is C73H93NO12Si4. The summed E-state index contributed by atoms with van der Waals surface area (Å²) in [5, 5.41) is 0. The third kappa shape index (κ3) is 19.4. The minimum atomic E-state index is -3.47. The van der Waals surface area contributed by atoms with Crippen LogP contribution >= 0.6 is 0 Å². The highest BCUT2D eigenvalue weighted by atomic mass is 28.5. The number of esters is 2. The van der Waals surface area contributed by atoms with Gasteiger partial charge in [-0.25, -0.2) is 9.59 Å². The Labute approximate surface area is 539 Å². The molecule has 0 atom stereocenters. The molecular weight excluding hydrogens is 1200 g/mol. The minimum Gasteiger partial charge on any atom is -0.494 e. The van der Waals surface area contributed by atoms with Crippen LogP contribution in [-0.2, 0) is 8.23 Å². The van der Waals surface area contributed by atoms with Crippen molar-refractivity contribution in [2.24, 2.45) is 0 Å². The molecule has 0 aromatic heterocycles. The smallest absolute Gasteiger partial charge is 0.494 e. The van der Waals surface area contributed by atoms with Gasteiger partial charge in [-0.2, -0.15) is 0 Å². The first kappa shape index (κ1) is 67.3. The van der Waals surface area contributed by atoms with Gasteiger partial charge in [-0.15, -0.1) is 0 Å². The van der Waals surface area contributed by atoms with E-state index in [9.17, 15) is 9.59 Å². The molecule has 7 aromatic rings. The molecule has 0 N–H and O–H groups in total. The quantitative estimate of drug-likeness (QED) is 0.0162. The maximum absolute atomic E-state index is 13.9. The van der Waals surface area contributed by atoms with Crippen molar-refractivity contribution >= 4 is 63.0 Å². The van der Waals surface area contributed by atoms with E-state index >= 15 is 0 Å². The summed E-state index contributed by atoms with van der Waals surface area (Å²) >= 11 is 0. The van der Waals surface area contributed by atoms with E-state index in [4.69, 9.17) is 45.2 Å². The molecule has 3 aliphatic heterocycles. The minimum absolute atomic E-state index is 0.325. The Hall–Kier alpha value is -7.13. The number of rotatable bonds is 35. The molecule has 10 rings (SSSR count). The van der Waals surface area contributed by atoms with Crippen molar-refractivity contribution in [2.75, 3.05) is 24.7 Å². The van der Waals surface area contributed by atoms with Crippen LogP contribution in [0.15, 0.2) is 164 Å². The first-order chi connectivity index (χ1) is 43.5. The molecule has 3 aliphatic rings. The van der Waals surface area contributed by atoms with Crippen LogP contribution in [0.2, 0.25) is 57.4 Å². The van der Waals surface area contributed by atoms with Gasteiger partial charge >= 0.3 is 29.3 Å². The van der Waals surface area contributed by atoms with Crippen molar-refractivity contribution in [2.45, 2.75) is 168 Å². The van der Waals surface area contributed by atoms with Crippen molar-refractivity contribution in [3.05, 3.63) is 175 Å². The topological polar surface area (TPSA) is 130 Å². The van der Waals surface area contributed by atoms with Gasteiger partial charge in [-0.1, -0.05) is 152 Å². The van der Waals surface area contributed by atoms with Crippen molar-refractivity contribution in [3.63, 3.8) is 0 Å². The van der Waals surface area contributed by atoms with Crippen LogP contribution in [-0.4, -0.2) is 65.8 Å². The lowest BCUT2D eigenvalue weighted by atomic mass is 10.1. The van der Waals surface area contributed by atoms with Crippen LogP contribution in [0.3, 0.4) is 0 Å². The zero-order valence-electron chi connectivity index (χ0n) is 54.3. The number of unbranched alkanes of at least 4 members (excludes halogenated alkanes) is 12. The highest BCUT2D eigenvalue weighted by Gasteiger charge is 2.55. The molecule has 90 heavy (non-hydrogen) atoms. The number of nitrogens with zero attached hydrogens (tertiary/aromatic N) is 1. The van der Waals surface area contributed by atoms with Gasteiger partial charge in [-0.3, -0.25) is 0 Å². The van der Waals surface area contributed by atoms with Crippen LogP contribution in [0.5, 0.6) is 46.0 Å². The van der Waals surface area contributed by atoms with Gasteiger partial charge in [-0.05, 0) is 179 Å². The Morgan fingerprint density at radius 3 is 1.34 bits per heavy atom. The van der Waals surface area contributed by atoms with Crippen molar-refractivity contribution in [1.82, 2.24) is 0 Å².